The van der Waals surface area contributed by atoms with E-state index in [1.807, 2.05) is 0 Å². The van der Waals surface area contributed by atoms with Gasteiger partial charge < -0.3 is 9.64 Å². The molecule has 1 aliphatic rings. The van der Waals surface area contributed by atoms with Crippen LogP contribution < -0.4 is 0 Å². The maximum Gasteiger partial charge on any atom is 0.410 e. The summed E-state index contributed by atoms with van der Waals surface area (Å²) < 4.78 is 5.35. The molecule has 0 fully saturated rings. The van der Waals surface area contributed by atoms with E-state index in [0.717, 1.165) is 5.56 Å². The maximum absolute atomic E-state index is 12.2. The Balaban J connectivity index is 2.28. The van der Waals surface area contributed by atoms with Crippen LogP contribution in [0.4, 0.5) is 4.79 Å². The van der Waals surface area contributed by atoms with Crippen molar-refractivity contribution in [2.75, 3.05) is 6.54 Å². The van der Waals surface area contributed by atoms with E-state index in [2.05, 4.69) is 15.0 Å². The van der Waals surface area contributed by atoms with Crippen LogP contribution in [0.5, 0.6) is 0 Å². The molecular formula is C13H16ClN5O2. The van der Waals surface area contributed by atoms with Crippen molar-refractivity contribution >= 4 is 17.7 Å². The standard InChI is InChI=1S/C13H16ClN5O2/c1-13(2,3)21-12(20)19-6-8-4-5-10(14)16-11(8)9(7-19)17-18-15/h4-5,9H,6-7H2,1-3H3. The van der Waals surface area contributed by atoms with Gasteiger partial charge in [-0.3, -0.25) is 0 Å². The molecule has 1 amide bonds. The summed E-state index contributed by atoms with van der Waals surface area (Å²) in [4.78, 5) is 20.7. The van der Waals surface area contributed by atoms with Crippen LogP contribution in [0.25, 0.3) is 10.4 Å². The second-order valence-corrected chi connectivity index (χ2v) is 6.15. The highest BCUT2D eigenvalue weighted by molar-refractivity contribution is 6.29. The third kappa shape index (κ3) is 3.77. The third-order valence-corrected chi connectivity index (χ3v) is 3.10. The minimum Gasteiger partial charge on any atom is -0.444 e. The highest BCUT2D eigenvalue weighted by atomic mass is 35.5. The molecule has 0 saturated heterocycles. The number of carbonyl (C=O) groups is 1. The normalized spacial score (nSPS) is 17.7. The van der Waals surface area contributed by atoms with Crippen molar-refractivity contribution < 1.29 is 9.53 Å². The van der Waals surface area contributed by atoms with Gasteiger partial charge in [-0.25, -0.2) is 9.78 Å². The summed E-state index contributed by atoms with van der Waals surface area (Å²) in [6, 6.07) is 2.86. The Morgan fingerprint density at radius 2 is 2.29 bits per heavy atom. The molecule has 1 aliphatic heterocycles. The van der Waals surface area contributed by atoms with Crippen molar-refractivity contribution in [1.82, 2.24) is 9.88 Å². The molecular weight excluding hydrogens is 294 g/mol. The van der Waals surface area contributed by atoms with Gasteiger partial charge in [0, 0.05) is 11.5 Å². The van der Waals surface area contributed by atoms with E-state index in [9.17, 15) is 4.79 Å². The summed E-state index contributed by atoms with van der Waals surface area (Å²) in [6.45, 7) is 5.98. The molecule has 0 aliphatic carbocycles. The van der Waals surface area contributed by atoms with Crippen molar-refractivity contribution in [3.63, 3.8) is 0 Å². The second kappa shape index (κ2) is 5.79. The van der Waals surface area contributed by atoms with Crippen LogP contribution in [0.3, 0.4) is 0 Å². The minimum atomic E-state index is -0.580. The number of aromatic nitrogens is 1. The van der Waals surface area contributed by atoms with E-state index in [1.165, 1.54) is 4.90 Å². The number of rotatable bonds is 1. The lowest BCUT2D eigenvalue weighted by molar-refractivity contribution is 0.0205. The van der Waals surface area contributed by atoms with Crippen molar-refractivity contribution in [1.29, 1.82) is 0 Å². The number of pyridine rings is 1. The molecule has 7 nitrogen and oxygen atoms in total. The van der Waals surface area contributed by atoms with E-state index in [1.54, 1.807) is 32.9 Å². The van der Waals surface area contributed by atoms with Gasteiger partial charge >= 0.3 is 6.09 Å². The van der Waals surface area contributed by atoms with Crippen LogP contribution >= 0.6 is 11.6 Å². The predicted octanol–water partition coefficient (Wildman–Crippen LogP) is 3.84. The van der Waals surface area contributed by atoms with Gasteiger partial charge in [-0.05, 0) is 37.9 Å². The summed E-state index contributed by atoms with van der Waals surface area (Å²) >= 11 is 5.88. The molecule has 1 aromatic heterocycles. The molecule has 0 aromatic carbocycles. The lowest BCUT2D eigenvalue weighted by atomic mass is 10.0. The third-order valence-electron chi connectivity index (χ3n) is 2.89. The van der Waals surface area contributed by atoms with Crippen molar-refractivity contribution in [3.05, 3.63) is 39.0 Å². The first-order chi connectivity index (χ1) is 9.80. The maximum atomic E-state index is 12.2. The molecule has 0 bridgehead atoms. The molecule has 2 rings (SSSR count). The molecule has 2 heterocycles. The van der Waals surface area contributed by atoms with Crippen LogP contribution in [0.15, 0.2) is 17.2 Å². The highest BCUT2D eigenvalue weighted by Gasteiger charge is 2.31. The number of azide groups is 1. The first-order valence-electron chi connectivity index (χ1n) is 6.47. The lowest BCUT2D eigenvalue weighted by Gasteiger charge is -2.33. The number of carbonyl (C=O) groups excluding carboxylic acids is 1. The summed E-state index contributed by atoms with van der Waals surface area (Å²) in [5.74, 6) is 0. The number of hydrogen-bond acceptors (Lipinski definition) is 4. The second-order valence-electron chi connectivity index (χ2n) is 5.76. The number of ether oxygens (including phenoxy) is 1. The van der Waals surface area contributed by atoms with E-state index in [4.69, 9.17) is 21.9 Å². The molecule has 0 N–H and O–H groups in total. The topological polar surface area (TPSA) is 91.2 Å². The molecule has 21 heavy (non-hydrogen) atoms. The fourth-order valence-electron chi connectivity index (χ4n) is 2.09. The predicted molar refractivity (Wildman–Crippen MR) is 77.8 cm³/mol. The van der Waals surface area contributed by atoms with Crippen LogP contribution in [-0.4, -0.2) is 28.1 Å². The Morgan fingerprint density at radius 3 is 2.90 bits per heavy atom. The molecule has 0 spiro atoms. The zero-order chi connectivity index (χ0) is 15.6. The van der Waals surface area contributed by atoms with E-state index in [-0.39, 0.29) is 6.54 Å². The fourth-order valence-corrected chi connectivity index (χ4v) is 2.24. The van der Waals surface area contributed by atoms with Gasteiger partial charge in [-0.15, -0.1) is 0 Å². The Morgan fingerprint density at radius 1 is 1.57 bits per heavy atom. The number of halogens is 1. The van der Waals surface area contributed by atoms with Crippen LogP contribution in [0.2, 0.25) is 5.15 Å². The van der Waals surface area contributed by atoms with Gasteiger partial charge in [0.2, 0.25) is 0 Å². The Bertz CT molecular complexity index is 607. The summed E-state index contributed by atoms with van der Waals surface area (Å²) in [7, 11) is 0. The van der Waals surface area contributed by atoms with Crippen LogP contribution in [0, 0.1) is 0 Å². The highest BCUT2D eigenvalue weighted by Crippen LogP contribution is 2.30. The van der Waals surface area contributed by atoms with E-state index < -0.39 is 17.7 Å². The Hall–Kier alpha value is -1.98. The molecule has 1 aromatic rings. The monoisotopic (exact) mass is 309 g/mol. The van der Waals surface area contributed by atoms with Crippen LogP contribution in [-0.2, 0) is 11.3 Å². The Kier molecular flexibility index (Phi) is 4.25. The van der Waals surface area contributed by atoms with Gasteiger partial charge in [0.05, 0.1) is 18.3 Å². The van der Waals surface area contributed by atoms with E-state index >= 15 is 0 Å². The first kappa shape index (κ1) is 15.4. The van der Waals surface area contributed by atoms with Crippen molar-refractivity contribution in [3.8, 4) is 0 Å². The number of amides is 1. The van der Waals surface area contributed by atoms with Gasteiger partial charge in [-0.2, -0.15) is 0 Å². The molecule has 0 radical (unpaired) electrons. The summed E-state index contributed by atoms with van der Waals surface area (Å²) in [5.41, 5.74) is 9.52. The number of fused-ring (bicyclic) bond motifs is 1. The fraction of sp³-hybridized carbons (Fsp3) is 0.538. The largest absolute Gasteiger partial charge is 0.444 e. The smallest absolute Gasteiger partial charge is 0.410 e. The van der Waals surface area contributed by atoms with Gasteiger partial charge in [-0.1, -0.05) is 22.8 Å². The Labute approximate surface area is 127 Å². The summed E-state index contributed by atoms with van der Waals surface area (Å²) in [6.07, 6.45) is -0.443. The average Bonchev–Trinajstić information content (AvgIpc) is 2.37. The zero-order valence-corrected chi connectivity index (χ0v) is 12.8. The van der Waals surface area contributed by atoms with Crippen molar-refractivity contribution in [2.45, 2.75) is 39.0 Å². The van der Waals surface area contributed by atoms with Gasteiger partial charge in [0.15, 0.2) is 0 Å². The molecule has 112 valence electrons. The van der Waals surface area contributed by atoms with Gasteiger partial charge in [0.1, 0.15) is 10.8 Å². The van der Waals surface area contributed by atoms with Gasteiger partial charge in [0.25, 0.3) is 0 Å². The van der Waals surface area contributed by atoms with Crippen LogP contribution in [0.1, 0.15) is 38.1 Å². The summed E-state index contributed by atoms with van der Waals surface area (Å²) in [5, 5.41) is 4.04. The first-order valence-corrected chi connectivity index (χ1v) is 6.85. The minimum absolute atomic E-state index is 0.222. The van der Waals surface area contributed by atoms with Crippen molar-refractivity contribution in [2.24, 2.45) is 5.11 Å². The molecule has 1 atom stereocenters. The SMILES string of the molecule is CC(C)(C)OC(=O)N1Cc2ccc(Cl)nc2C(N=[N+]=[N-])C1. The lowest BCUT2D eigenvalue weighted by Crippen LogP contribution is -2.41. The molecule has 0 saturated carbocycles. The number of hydrogen-bond donors (Lipinski definition) is 0. The van der Waals surface area contributed by atoms with E-state index in [0.29, 0.717) is 17.4 Å². The quantitative estimate of drug-likeness (QED) is 0.341. The zero-order valence-electron chi connectivity index (χ0n) is 12.1. The molecule has 1 unspecified atom stereocenters. The average molecular weight is 310 g/mol. The number of nitrogens with zero attached hydrogens (tertiary/aromatic N) is 5. The molecule has 8 heteroatoms.